The van der Waals surface area contributed by atoms with Crippen molar-refractivity contribution in [2.75, 3.05) is 33.0 Å². The number of hydrogen-bond acceptors (Lipinski definition) is 6. The highest BCUT2D eigenvalue weighted by atomic mass is 16.5. The zero-order valence-corrected chi connectivity index (χ0v) is 27.5. The summed E-state index contributed by atoms with van der Waals surface area (Å²) in [6.07, 6.45) is 11.7. The van der Waals surface area contributed by atoms with Gasteiger partial charge >= 0.3 is 0 Å². The second-order valence-electron chi connectivity index (χ2n) is 12.7. The topological polar surface area (TPSA) is 55.4 Å². The Morgan fingerprint density at radius 1 is 0.578 bits per heavy atom. The molecule has 2 aromatic rings. The van der Waals surface area contributed by atoms with E-state index < -0.39 is 5.41 Å². The van der Waals surface area contributed by atoms with Crippen LogP contribution in [0.15, 0.2) is 88.2 Å². The fourth-order valence-electron chi connectivity index (χ4n) is 7.29. The minimum Gasteiger partial charge on any atom is -0.497 e. The summed E-state index contributed by atoms with van der Waals surface area (Å²) in [6, 6.07) is 4.25. The van der Waals surface area contributed by atoms with Crippen LogP contribution in [0.1, 0.15) is 68.4 Å². The predicted octanol–water partition coefficient (Wildman–Crippen LogP) is 8.82. The summed E-state index contributed by atoms with van der Waals surface area (Å²) in [5.41, 5.74) is 4.50. The van der Waals surface area contributed by atoms with Crippen LogP contribution in [0.25, 0.3) is 0 Å². The van der Waals surface area contributed by atoms with Gasteiger partial charge in [0.15, 0.2) is 23.0 Å². The van der Waals surface area contributed by atoms with Gasteiger partial charge < -0.3 is 28.4 Å². The van der Waals surface area contributed by atoms with Crippen LogP contribution in [0.5, 0.6) is 28.7 Å². The van der Waals surface area contributed by atoms with Gasteiger partial charge in [0.25, 0.3) is 0 Å². The third-order valence-electron chi connectivity index (χ3n) is 8.54. The van der Waals surface area contributed by atoms with Gasteiger partial charge in [-0.2, -0.15) is 0 Å². The van der Waals surface area contributed by atoms with E-state index in [0.29, 0.717) is 55.2 Å². The van der Waals surface area contributed by atoms with E-state index in [9.17, 15) is 0 Å². The van der Waals surface area contributed by atoms with Gasteiger partial charge in [-0.15, -0.1) is 0 Å². The van der Waals surface area contributed by atoms with Crippen molar-refractivity contribution < 1.29 is 28.4 Å². The number of ether oxygens (including phenoxy) is 6. The second kappa shape index (κ2) is 13.8. The molecule has 0 heterocycles. The molecule has 45 heavy (non-hydrogen) atoms. The number of hydrogen-bond donors (Lipinski definition) is 0. The van der Waals surface area contributed by atoms with Gasteiger partial charge in [-0.3, -0.25) is 0 Å². The number of rotatable bonds is 18. The summed E-state index contributed by atoms with van der Waals surface area (Å²) < 4.78 is 37.7. The van der Waals surface area contributed by atoms with E-state index in [0.717, 1.165) is 35.1 Å². The number of fused-ring (bicyclic) bond motifs is 4. The monoisotopic (exact) mass is 612 g/mol. The quantitative estimate of drug-likeness (QED) is 0.124. The van der Waals surface area contributed by atoms with Gasteiger partial charge in [0.1, 0.15) is 39.6 Å². The summed E-state index contributed by atoms with van der Waals surface area (Å²) in [7, 11) is 0. The van der Waals surface area contributed by atoms with E-state index in [1.165, 1.54) is 11.8 Å². The Labute approximate surface area is 269 Å². The maximum Gasteiger partial charge on any atom is 0.204 e. The average molecular weight is 613 g/mol. The van der Waals surface area contributed by atoms with Crippen LogP contribution in [0.3, 0.4) is 0 Å². The molecule has 6 heteroatoms. The molecule has 0 aromatic heterocycles. The van der Waals surface area contributed by atoms with Crippen LogP contribution in [-0.4, -0.2) is 33.0 Å². The van der Waals surface area contributed by atoms with Gasteiger partial charge in [0.2, 0.25) is 5.75 Å². The lowest BCUT2D eigenvalue weighted by molar-refractivity contribution is 0.224. The highest BCUT2D eigenvalue weighted by Crippen LogP contribution is 2.68. The zero-order valence-electron chi connectivity index (χ0n) is 27.5. The van der Waals surface area contributed by atoms with Crippen molar-refractivity contribution >= 4 is 0 Å². The van der Waals surface area contributed by atoms with Crippen LogP contribution < -0.4 is 23.7 Å². The molecule has 0 fully saturated rings. The Hall–Kier alpha value is -4.32. The first-order chi connectivity index (χ1) is 21.6. The molecule has 1 unspecified atom stereocenters. The van der Waals surface area contributed by atoms with Gasteiger partial charge in [-0.05, 0) is 52.5 Å². The summed E-state index contributed by atoms with van der Waals surface area (Å²) >= 11 is 0. The van der Waals surface area contributed by atoms with E-state index in [2.05, 4.69) is 79.3 Å². The van der Waals surface area contributed by atoms with Crippen LogP contribution in [-0.2, 0) is 27.6 Å². The first kappa shape index (κ1) is 33.6. The highest BCUT2D eigenvalue weighted by Gasteiger charge is 2.60. The van der Waals surface area contributed by atoms with E-state index in [1.807, 2.05) is 0 Å². The van der Waals surface area contributed by atoms with Crippen molar-refractivity contribution in [2.24, 2.45) is 0 Å². The molecule has 0 aliphatic heterocycles. The SMILES string of the molecule is C=CCOc1cc2c(c(COC=C)c1OCC=C)C1(CC2(C)C)CC(C)(C)c2cc(OCC=C)c(OCC=C)c(OCC=C)c21. The summed E-state index contributed by atoms with van der Waals surface area (Å²) in [5, 5.41) is 0. The minimum absolute atomic E-state index is 0.241. The van der Waals surface area contributed by atoms with Crippen LogP contribution in [0.4, 0.5) is 0 Å². The molecular weight excluding hydrogens is 564 g/mol. The van der Waals surface area contributed by atoms with E-state index in [4.69, 9.17) is 28.4 Å². The van der Waals surface area contributed by atoms with Crippen molar-refractivity contribution in [3.05, 3.63) is 116 Å². The molecule has 0 N–H and O–H groups in total. The van der Waals surface area contributed by atoms with E-state index in [1.54, 1.807) is 30.4 Å². The smallest absolute Gasteiger partial charge is 0.204 e. The third kappa shape index (κ3) is 6.15. The Morgan fingerprint density at radius 3 is 1.49 bits per heavy atom. The maximum absolute atomic E-state index is 6.59. The summed E-state index contributed by atoms with van der Waals surface area (Å²) in [4.78, 5) is 0. The molecule has 4 rings (SSSR count). The van der Waals surface area contributed by atoms with E-state index >= 15 is 0 Å². The molecule has 6 nitrogen and oxygen atoms in total. The molecule has 2 aromatic carbocycles. The highest BCUT2D eigenvalue weighted by molar-refractivity contribution is 5.73. The molecular formula is C39H48O6. The van der Waals surface area contributed by atoms with Gasteiger partial charge in [0.05, 0.1) is 6.26 Å². The van der Waals surface area contributed by atoms with Crippen molar-refractivity contribution in [3.8, 4) is 28.7 Å². The fourth-order valence-corrected chi connectivity index (χ4v) is 7.29. The molecule has 0 saturated heterocycles. The van der Waals surface area contributed by atoms with Crippen molar-refractivity contribution in [3.63, 3.8) is 0 Å². The lowest BCUT2D eigenvalue weighted by atomic mass is 9.71. The first-order valence-electron chi connectivity index (χ1n) is 15.4. The molecule has 0 bridgehead atoms. The third-order valence-corrected chi connectivity index (χ3v) is 8.54. The number of benzene rings is 2. The summed E-state index contributed by atoms with van der Waals surface area (Å²) in [5.74, 6) is 3.07. The summed E-state index contributed by atoms with van der Waals surface area (Å²) in [6.45, 7) is 34.2. The second-order valence-corrected chi connectivity index (χ2v) is 12.7. The normalized spacial score (nSPS) is 18.2. The van der Waals surface area contributed by atoms with Gasteiger partial charge in [-0.25, -0.2) is 0 Å². The average Bonchev–Trinajstić information content (AvgIpc) is 3.37. The Morgan fingerprint density at radius 2 is 1.00 bits per heavy atom. The molecule has 0 radical (unpaired) electrons. The van der Waals surface area contributed by atoms with Crippen LogP contribution in [0.2, 0.25) is 0 Å². The molecule has 2 aliphatic carbocycles. The van der Waals surface area contributed by atoms with Crippen LogP contribution in [0, 0.1) is 0 Å². The van der Waals surface area contributed by atoms with Crippen LogP contribution >= 0.6 is 0 Å². The van der Waals surface area contributed by atoms with E-state index in [-0.39, 0.29) is 24.0 Å². The lowest BCUT2D eigenvalue weighted by Gasteiger charge is -2.33. The zero-order chi connectivity index (χ0) is 32.8. The molecule has 1 atom stereocenters. The van der Waals surface area contributed by atoms with Gasteiger partial charge in [0, 0.05) is 16.5 Å². The molecule has 0 amide bonds. The molecule has 1 spiro atoms. The fraction of sp³-hybridized carbons (Fsp3) is 0.385. The molecule has 240 valence electrons. The van der Waals surface area contributed by atoms with Crippen molar-refractivity contribution in [2.45, 2.75) is 63.4 Å². The molecule has 0 saturated carbocycles. The Bertz CT molecular complexity index is 1370. The first-order valence-corrected chi connectivity index (χ1v) is 15.4. The van der Waals surface area contributed by atoms with Gasteiger partial charge in [-0.1, -0.05) is 97.5 Å². The lowest BCUT2D eigenvalue weighted by Crippen LogP contribution is -2.28. The Kier molecular flexibility index (Phi) is 10.3. The Balaban J connectivity index is 2.17. The standard InChI is InChI=1S/C39H48O6/c1-11-17-41-30-22-28-32(27(24-40-16-6)34(30)43-19-13-3)39(25-37(28,7)8)26-38(9,10)29-23-31(42-18-12-2)35(44-20-14-4)36(33(29)39)45-21-15-5/h11-16,22-23H,1-6,17-21,24-26H2,7-10H3. The largest absolute Gasteiger partial charge is 0.497 e. The predicted molar refractivity (Wildman–Crippen MR) is 182 cm³/mol. The minimum atomic E-state index is -0.486. The molecule has 2 aliphatic rings. The van der Waals surface area contributed by atoms with Crippen molar-refractivity contribution in [1.82, 2.24) is 0 Å². The maximum atomic E-state index is 6.59. The van der Waals surface area contributed by atoms with Crippen molar-refractivity contribution in [1.29, 1.82) is 0 Å².